The lowest BCUT2D eigenvalue weighted by atomic mass is 9.94. The smallest absolute Gasteiger partial charge is 0.0575 e. The van der Waals surface area contributed by atoms with Crippen molar-refractivity contribution in [3.05, 3.63) is 273 Å². The second-order valence-corrected chi connectivity index (χ2v) is 20.6. The second-order valence-electron chi connectivity index (χ2n) is 18.4. The van der Waals surface area contributed by atoms with Crippen LogP contribution in [-0.2, 0) is 0 Å². The lowest BCUT2D eigenvalue weighted by Gasteiger charge is -2.30. The zero-order valence-corrected chi connectivity index (χ0v) is 41.3. The van der Waals surface area contributed by atoms with Crippen molar-refractivity contribution in [1.29, 1.82) is 0 Å². The average Bonchev–Trinajstić information content (AvgIpc) is 4.05. The van der Waals surface area contributed by atoms with Gasteiger partial charge in [0.05, 0.1) is 17.1 Å². The maximum absolute atomic E-state index is 2.47. The standard InChI is InChI=1S/C68H45N3S2/c1-5-23-48(24-6-1)69(61-36-20-38-64-66(61)57-34-17-18-37-63(57)72-64)52-41-39-47(40-42-52)58-45-59-67-62(70(49-25-7-2-8-26-49)50-27-9-3-10-28-50)43-53(44-65(67)73-68(59)56-33-16-15-32-55(56)58)71(51-29-11-4-12-30-51)60-35-19-22-46-21-13-14-31-54(46)60/h1-45H. The fraction of sp³-hybridized carbons (Fsp3) is 0. The Kier molecular flexibility index (Phi) is 10.6. The fourth-order valence-corrected chi connectivity index (χ4v) is 13.4. The van der Waals surface area contributed by atoms with Gasteiger partial charge in [0.15, 0.2) is 0 Å². The predicted octanol–water partition coefficient (Wildman–Crippen LogP) is 20.8. The summed E-state index contributed by atoms with van der Waals surface area (Å²) in [6, 6.07) is 99.6. The highest BCUT2D eigenvalue weighted by Crippen LogP contribution is 2.52. The molecule has 2 heterocycles. The van der Waals surface area contributed by atoms with Gasteiger partial charge < -0.3 is 14.7 Å². The van der Waals surface area contributed by atoms with Crippen LogP contribution in [0.2, 0.25) is 0 Å². The molecule has 14 aromatic rings. The van der Waals surface area contributed by atoms with Gasteiger partial charge in [-0.1, -0.05) is 170 Å². The highest BCUT2D eigenvalue weighted by atomic mass is 32.1. The van der Waals surface area contributed by atoms with Crippen molar-refractivity contribution in [2.75, 3.05) is 14.7 Å². The van der Waals surface area contributed by atoms with Gasteiger partial charge in [-0.15, -0.1) is 22.7 Å². The molecule has 14 rings (SSSR count). The third-order valence-electron chi connectivity index (χ3n) is 14.2. The van der Waals surface area contributed by atoms with E-state index in [1.165, 1.54) is 78.7 Å². The van der Waals surface area contributed by atoms with Gasteiger partial charge in [-0.05, 0) is 125 Å². The molecule has 2 aromatic heterocycles. The topological polar surface area (TPSA) is 9.72 Å². The van der Waals surface area contributed by atoms with E-state index in [2.05, 4.69) is 288 Å². The van der Waals surface area contributed by atoms with E-state index in [0.29, 0.717) is 0 Å². The normalized spacial score (nSPS) is 11.6. The number of rotatable bonds is 10. The zero-order chi connectivity index (χ0) is 48.2. The number of thiophene rings is 2. The Balaban J connectivity index is 1.01. The van der Waals surface area contributed by atoms with Crippen molar-refractivity contribution in [3.63, 3.8) is 0 Å². The number of para-hydroxylation sites is 4. The molecule has 0 radical (unpaired) electrons. The predicted molar refractivity (Wildman–Crippen MR) is 317 cm³/mol. The summed E-state index contributed by atoms with van der Waals surface area (Å²) in [6.45, 7) is 0. The van der Waals surface area contributed by atoms with Crippen LogP contribution in [0, 0.1) is 0 Å². The van der Waals surface area contributed by atoms with Crippen LogP contribution in [0.4, 0.5) is 51.2 Å². The third kappa shape index (κ3) is 7.40. The summed E-state index contributed by atoms with van der Waals surface area (Å²) in [4.78, 5) is 7.31. The molecule has 0 unspecified atom stereocenters. The Bertz CT molecular complexity index is 4280. The van der Waals surface area contributed by atoms with Crippen LogP contribution >= 0.6 is 22.7 Å². The summed E-state index contributed by atoms with van der Waals surface area (Å²) in [7, 11) is 0. The number of nitrogens with zero attached hydrogens (tertiary/aromatic N) is 3. The monoisotopic (exact) mass is 967 g/mol. The first-order valence-corrected chi connectivity index (χ1v) is 26.4. The van der Waals surface area contributed by atoms with Crippen LogP contribution in [0.5, 0.6) is 0 Å². The van der Waals surface area contributed by atoms with E-state index in [1.807, 2.05) is 22.7 Å². The van der Waals surface area contributed by atoms with Crippen molar-refractivity contribution in [2.24, 2.45) is 0 Å². The maximum atomic E-state index is 2.47. The van der Waals surface area contributed by atoms with E-state index >= 15 is 0 Å². The zero-order valence-electron chi connectivity index (χ0n) is 39.6. The van der Waals surface area contributed by atoms with E-state index in [0.717, 1.165) is 45.5 Å². The summed E-state index contributed by atoms with van der Waals surface area (Å²) in [5, 5.41) is 9.88. The molecule has 12 aromatic carbocycles. The van der Waals surface area contributed by atoms with Gasteiger partial charge in [0.1, 0.15) is 0 Å². The van der Waals surface area contributed by atoms with Crippen molar-refractivity contribution in [2.45, 2.75) is 0 Å². The van der Waals surface area contributed by atoms with E-state index in [1.54, 1.807) is 0 Å². The molecule has 0 aliphatic rings. The van der Waals surface area contributed by atoms with Gasteiger partial charge >= 0.3 is 0 Å². The highest BCUT2D eigenvalue weighted by Gasteiger charge is 2.26. The first-order chi connectivity index (χ1) is 36.2. The summed E-state index contributed by atoms with van der Waals surface area (Å²) in [5.74, 6) is 0. The van der Waals surface area contributed by atoms with Crippen LogP contribution in [0.25, 0.3) is 73.0 Å². The molecule has 0 bridgehead atoms. The molecule has 0 amide bonds. The molecule has 0 spiro atoms. The Morgan fingerprint density at radius 3 is 1.37 bits per heavy atom. The van der Waals surface area contributed by atoms with Crippen LogP contribution in [0.3, 0.4) is 0 Å². The number of hydrogen-bond donors (Lipinski definition) is 0. The van der Waals surface area contributed by atoms with Crippen molar-refractivity contribution >= 4 is 136 Å². The largest absolute Gasteiger partial charge is 0.310 e. The van der Waals surface area contributed by atoms with Crippen molar-refractivity contribution in [3.8, 4) is 11.1 Å². The average molecular weight is 968 g/mol. The summed E-state index contributed by atoms with van der Waals surface area (Å²) < 4.78 is 5.06. The molecular formula is C68H45N3S2. The summed E-state index contributed by atoms with van der Waals surface area (Å²) in [5.41, 5.74) is 12.4. The number of fused-ring (bicyclic) bond motifs is 9. The lowest BCUT2D eigenvalue weighted by Crippen LogP contribution is -2.13. The van der Waals surface area contributed by atoms with Gasteiger partial charge in [-0.2, -0.15) is 0 Å². The molecule has 0 saturated carbocycles. The molecule has 344 valence electrons. The minimum atomic E-state index is 1.09. The molecule has 5 heteroatoms. The minimum Gasteiger partial charge on any atom is -0.310 e. The Morgan fingerprint density at radius 2 is 0.712 bits per heavy atom. The van der Waals surface area contributed by atoms with Gasteiger partial charge in [0, 0.05) is 85.2 Å². The van der Waals surface area contributed by atoms with Gasteiger partial charge in [0.25, 0.3) is 0 Å². The Labute approximate surface area is 431 Å². The molecular weight excluding hydrogens is 923 g/mol. The maximum Gasteiger partial charge on any atom is 0.0575 e. The van der Waals surface area contributed by atoms with Crippen LogP contribution in [0.15, 0.2) is 273 Å². The van der Waals surface area contributed by atoms with E-state index < -0.39 is 0 Å². The van der Waals surface area contributed by atoms with Gasteiger partial charge in [-0.3, -0.25) is 0 Å². The highest BCUT2D eigenvalue weighted by molar-refractivity contribution is 7.27. The van der Waals surface area contributed by atoms with E-state index in [-0.39, 0.29) is 0 Å². The fourth-order valence-electron chi connectivity index (χ4n) is 11.0. The Hall–Kier alpha value is -9.00. The molecule has 0 aliphatic heterocycles. The van der Waals surface area contributed by atoms with Crippen LogP contribution in [0.1, 0.15) is 0 Å². The molecule has 0 fully saturated rings. The lowest BCUT2D eigenvalue weighted by molar-refractivity contribution is 1.27. The number of anilines is 9. The van der Waals surface area contributed by atoms with Crippen molar-refractivity contribution < 1.29 is 0 Å². The first kappa shape index (κ1) is 42.8. The molecule has 3 nitrogen and oxygen atoms in total. The van der Waals surface area contributed by atoms with E-state index in [4.69, 9.17) is 0 Å². The molecule has 0 aliphatic carbocycles. The van der Waals surface area contributed by atoms with Gasteiger partial charge in [0.2, 0.25) is 0 Å². The minimum absolute atomic E-state index is 1.09. The third-order valence-corrected chi connectivity index (χ3v) is 16.5. The SMILES string of the molecule is c1ccc(N(c2cc(N(c3ccccc3)c3ccccc3)c3c(c2)sc2c4ccccc4c(-c4ccc(N(c5ccccc5)c5cccc6sc7ccccc7c56)cc4)cc23)c2cccc3ccccc23)cc1. The molecule has 0 saturated heterocycles. The second kappa shape index (κ2) is 18.0. The molecule has 0 atom stereocenters. The molecule has 0 N–H and O–H groups in total. The van der Waals surface area contributed by atoms with Crippen LogP contribution in [-0.4, -0.2) is 0 Å². The Morgan fingerprint density at radius 1 is 0.247 bits per heavy atom. The number of benzene rings is 12. The number of hydrogen-bond acceptors (Lipinski definition) is 5. The van der Waals surface area contributed by atoms with Crippen molar-refractivity contribution in [1.82, 2.24) is 0 Å². The van der Waals surface area contributed by atoms with Gasteiger partial charge in [-0.25, -0.2) is 0 Å². The van der Waals surface area contributed by atoms with Crippen LogP contribution < -0.4 is 14.7 Å². The van der Waals surface area contributed by atoms with E-state index in [9.17, 15) is 0 Å². The molecule has 73 heavy (non-hydrogen) atoms. The summed E-state index contributed by atoms with van der Waals surface area (Å²) in [6.07, 6.45) is 0. The summed E-state index contributed by atoms with van der Waals surface area (Å²) >= 11 is 3.74. The first-order valence-electron chi connectivity index (χ1n) is 24.7. The quantitative estimate of drug-likeness (QED) is 0.135.